The normalized spacial score (nSPS) is 52.5. The molecular weight excluding hydrogens is 494 g/mol. The Morgan fingerprint density at radius 3 is 2.16 bits per heavy atom. The zero-order valence-electron chi connectivity index (χ0n) is 22.2. The molecule has 0 amide bonds. The van der Waals surface area contributed by atoms with Crippen LogP contribution in [0.15, 0.2) is 0 Å². The van der Waals surface area contributed by atoms with Crippen molar-refractivity contribution in [3.05, 3.63) is 0 Å². The summed E-state index contributed by atoms with van der Waals surface area (Å²) in [5.74, 6) is -5.12. The average molecular weight is 542 g/mol. The van der Waals surface area contributed by atoms with Gasteiger partial charge in [0.1, 0.15) is 6.23 Å². The van der Waals surface area contributed by atoms with Crippen molar-refractivity contribution in [1.82, 2.24) is 0 Å². The SMILES string of the molecule is CC(O)(O)CC1CCC(C2CCC(O)C3C(O)C4C(O)[C@]5(O)C(=O)C(C(N)O)C(O)C[C@@H]5C[C@@H]4CC23)CC1. The van der Waals surface area contributed by atoms with E-state index < -0.39 is 71.5 Å². The number of hydrogen-bond donors (Lipinski definition) is 9. The van der Waals surface area contributed by atoms with Crippen molar-refractivity contribution in [1.29, 1.82) is 0 Å². The predicted octanol–water partition coefficient (Wildman–Crippen LogP) is -0.777. The van der Waals surface area contributed by atoms with E-state index in [1.807, 2.05) is 0 Å². The Balaban J connectivity index is 1.36. The number of Topliss-reactive ketones (excluding diaryl/α,β-unsaturated/α-hetero) is 1. The highest BCUT2D eigenvalue weighted by molar-refractivity contribution is 5.92. The summed E-state index contributed by atoms with van der Waals surface area (Å²) in [6, 6.07) is 0. The molecule has 0 radical (unpaired) electrons. The minimum Gasteiger partial charge on any atom is -0.393 e. The number of rotatable bonds is 4. The maximum Gasteiger partial charge on any atom is 0.176 e. The van der Waals surface area contributed by atoms with Gasteiger partial charge in [-0.3, -0.25) is 4.79 Å². The van der Waals surface area contributed by atoms with Crippen molar-refractivity contribution in [3.63, 3.8) is 0 Å². The summed E-state index contributed by atoms with van der Waals surface area (Å²) in [5, 5.41) is 85.7. The second-order valence-electron chi connectivity index (χ2n) is 13.7. The molecule has 5 aliphatic rings. The highest BCUT2D eigenvalue weighted by Gasteiger charge is 2.67. The fraction of sp³-hybridized carbons (Fsp3) is 0.964. The third-order valence-corrected chi connectivity index (χ3v) is 11.4. The Hall–Kier alpha value is -0.690. The van der Waals surface area contributed by atoms with Crippen LogP contribution in [0.3, 0.4) is 0 Å². The van der Waals surface area contributed by atoms with E-state index in [2.05, 4.69) is 0 Å². The molecule has 5 rings (SSSR count). The van der Waals surface area contributed by atoms with Crippen LogP contribution in [0.1, 0.15) is 71.1 Å². The molecule has 0 aromatic carbocycles. The lowest BCUT2D eigenvalue weighted by Gasteiger charge is -2.61. The summed E-state index contributed by atoms with van der Waals surface area (Å²) in [6.45, 7) is 1.42. The fourth-order valence-electron chi connectivity index (χ4n) is 9.81. The summed E-state index contributed by atoms with van der Waals surface area (Å²) in [5.41, 5.74) is 3.32. The van der Waals surface area contributed by atoms with Crippen molar-refractivity contribution in [3.8, 4) is 0 Å². The first kappa shape index (κ1) is 28.8. The molecule has 10 heteroatoms. The van der Waals surface area contributed by atoms with Gasteiger partial charge < -0.3 is 46.6 Å². The quantitative estimate of drug-likeness (QED) is 0.203. The molecule has 0 heterocycles. The number of fused-ring (bicyclic) bond motifs is 3. The average Bonchev–Trinajstić information content (AvgIpc) is 2.81. The summed E-state index contributed by atoms with van der Waals surface area (Å²) < 4.78 is 0. The van der Waals surface area contributed by atoms with Gasteiger partial charge in [0, 0.05) is 24.2 Å². The number of aliphatic hydroxyl groups is 8. The molecule has 0 aromatic heterocycles. The molecule has 13 atom stereocenters. The molecule has 0 bridgehead atoms. The van der Waals surface area contributed by atoms with Crippen LogP contribution in [0, 0.1) is 53.3 Å². The van der Waals surface area contributed by atoms with Gasteiger partial charge in [-0.1, -0.05) is 0 Å². The topological polar surface area (TPSA) is 205 Å². The second-order valence-corrected chi connectivity index (χ2v) is 13.7. The van der Waals surface area contributed by atoms with Crippen LogP contribution in [0.5, 0.6) is 0 Å². The smallest absolute Gasteiger partial charge is 0.176 e. The minimum atomic E-state index is -2.22. The van der Waals surface area contributed by atoms with Crippen molar-refractivity contribution in [2.24, 2.45) is 59.0 Å². The van der Waals surface area contributed by atoms with Gasteiger partial charge in [0.15, 0.2) is 17.2 Å². The third kappa shape index (κ3) is 4.77. The van der Waals surface area contributed by atoms with E-state index in [0.717, 1.165) is 32.1 Å². The maximum atomic E-state index is 13.3. The van der Waals surface area contributed by atoms with Crippen LogP contribution < -0.4 is 5.73 Å². The maximum absolute atomic E-state index is 13.3. The van der Waals surface area contributed by atoms with Crippen LogP contribution in [0.25, 0.3) is 0 Å². The Labute approximate surface area is 223 Å². The molecule has 5 aliphatic carbocycles. The lowest BCUT2D eigenvalue weighted by Crippen LogP contribution is -2.72. The van der Waals surface area contributed by atoms with E-state index in [4.69, 9.17) is 5.73 Å². The van der Waals surface area contributed by atoms with Crippen LogP contribution in [0.2, 0.25) is 0 Å². The monoisotopic (exact) mass is 541 g/mol. The third-order valence-electron chi connectivity index (χ3n) is 11.4. The summed E-state index contributed by atoms with van der Waals surface area (Å²) in [7, 11) is 0. The first-order chi connectivity index (χ1) is 17.7. The molecule has 0 saturated heterocycles. The van der Waals surface area contributed by atoms with Gasteiger partial charge in [-0.2, -0.15) is 0 Å². The molecule has 0 aromatic rings. The number of carbonyl (C=O) groups excluding carboxylic acids is 1. The number of hydrogen-bond acceptors (Lipinski definition) is 10. The zero-order chi connectivity index (χ0) is 27.7. The van der Waals surface area contributed by atoms with Gasteiger partial charge >= 0.3 is 0 Å². The van der Waals surface area contributed by atoms with Crippen molar-refractivity contribution in [2.75, 3.05) is 0 Å². The van der Waals surface area contributed by atoms with Crippen molar-refractivity contribution < 1.29 is 45.6 Å². The molecule has 218 valence electrons. The van der Waals surface area contributed by atoms with E-state index in [9.17, 15) is 45.6 Å². The van der Waals surface area contributed by atoms with E-state index >= 15 is 0 Å². The van der Waals surface area contributed by atoms with Crippen molar-refractivity contribution >= 4 is 5.78 Å². The number of carbonyl (C=O) groups is 1. The zero-order valence-corrected chi connectivity index (χ0v) is 22.2. The molecule has 5 fully saturated rings. The van der Waals surface area contributed by atoms with E-state index in [1.165, 1.54) is 6.92 Å². The standard InChI is InChI=1S/C28H47NO9/c1-27(36,37)11-12-2-4-13(5-3-12)16-6-7-18(30)21-17(16)9-14-8-15-10-19(31)22(26(29)35)25(34)28(15,38)24(33)20(14)23(21)32/h12-24,26,30-33,35-38H,2-11,29H2,1H3/t12?,13?,14-,15+,16?,17?,18?,19?,20?,21?,22?,23?,24?,26?,28+/m1/s1. The van der Waals surface area contributed by atoms with Gasteiger partial charge in [-0.15, -0.1) is 0 Å². The molecule has 5 saturated carbocycles. The van der Waals surface area contributed by atoms with Crippen LogP contribution in [0.4, 0.5) is 0 Å². The number of aliphatic hydroxyl groups excluding tert-OH is 5. The first-order valence-electron chi connectivity index (χ1n) is 14.6. The lowest BCUT2D eigenvalue weighted by atomic mass is 9.47. The Morgan fingerprint density at radius 2 is 1.55 bits per heavy atom. The molecule has 10 unspecified atom stereocenters. The molecule has 10 nitrogen and oxygen atoms in total. The van der Waals surface area contributed by atoms with Gasteiger partial charge in [0.25, 0.3) is 0 Å². The molecule has 38 heavy (non-hydrogen) atoms. The van der Waals surface area contributed by atoms with Gasteiger partial charge in [-0.25, -0.2) is 0 Å². The molecule has 10 N–H and O–H groups in total. The summed E-state index contributed by atoms with van der Waals surface area (Å²) >= 11 is 0. The van der Waals surface area contributed by atoms with Crippen molar-refractivity contribution in [2.45, 2.75) is 113 Å². The first-order valence-corrected chi connectivity index (χ1v) is 14.6. The fourth-order valence-corrected chi connectivity index (χ4v) is 9.81. The highest BCUT2D eigenvalue weighted by Crippen LogP contribution is 2.59. The van der Waals surface area contributed by atoms with Gasteiger partial charge in [0.2, 0.25) is 0 Å². The number of ketones is 1. The lowest BCUT2D eigenvalue weighted by molar-refractivity contribution is -0.246. The Kier molecular flexibility index (Phi) is 7.81. The largest absolute Gasteiger partial charge is 0.393 e. The van der Waals surface area contributed by atoms with Crippen LogP contribution >= 0.6 is 0 Å². The van der Waals surface area contributed by atoms with Crippen LogP contribution in [-0.2, 0) is 4.79 Å². The Morgan fingerprint density at radius 1 is 0.895 bits per heavy atom. The van der Waals surface area contributed by atoms with Gasteiger partial charge in [-0.05, 0) is 94.3 Å². The summed E-state index contributed by atoms with van der Waals surface area (Å²) in [4.78, 5) is 13.3. The Bertz CT molecular complexity index is 871. The molecular formula is C28H47NO9. The minimum absolute atomic E-state index is 0.0241. The van der Waals surface area contributed by atoms with Gasteiger partial charge in [0.05, 0.1) is 30.3 Å². The van der Waals surface area contributed by atoms with E-state index in [-0.39, 0.29) is 24.2 Å². The predicted molar refractivity (Wildman–Crippen MR) is 135 cm³/mol. The van der Waals surface area contributed by atoms with E-state index in [1.54, 1.807) is 0 Å². The second kappa shape index (κ2) is 10.3. The van der Waals surface area contributed by atoms with Crippen LogP contribution in [-0.4, -0.2) is 88.7 Å². The molecule has 0 aliphatic heterocycles. The summed E-state index contributed by atoms with van der Waals surface area (Å²) in [6.07, 6.45) is 0.212. The highest BCUT2D eigenvalue weighted by atomic mass is 16.5. The molecule has 0 spiro atoms. The van der Waals surface area contributed by atoms with E-state index in [0.29, 0.717) is 37.5 Å². The number of nitrogens with two attached hydrogens (primary N) is 1.